The van der Waals surface area contributed by atoms with Crippen molar-refractivity contribution in [2.24, 2.45) is 29.1 Å². The molecule has 6 atom stereocenters. The molecule has 0 unspecified atom stereocenters. The van der Waals surface area contributed by atoms with Gasteiger partial charge in [-0.3, -0.25) is 19.2 Å². The number of para-hydroxylation sites is 2. The summed E-state index contributed by atoms with van der Waals surface area (Å²) < 4.78 is 5.98. The highest BCUT2D eigenvalue weighted by molar-refractivity contribution is 6.32. The Balaban J connectivity index is 1.37. The van der Waals surface area contributed by atoms with E-state index in [1.807, 2.05) is 44.2 Å². The number of halogens is 1. The molecule has 1 saturated carbocycles. The van der Waals surface area contributed by atoms with Crippen LogP contribution in [0.5, 0.6) is 5.75 Å². The molecule has 4 amide bonds. The molecule has 0 bridgehead atoms. The zero-order valence-electron chi connectivity index (χ0n) is 25.0. The van der Waals surface area contributed by atoms with Crippen LogP contribution >= 0.6 is 11.6 Å². The van der Waals surface area contributed by atoms with E-state index < -0.39 is 35.0 Å². The summed E-state index contributed by atoms with van der Waals surface area (Å²) in [7, 11) is 0. The number of aliphatic hydroxyl groups excluding tert-OH is 1. The Labute approximate surface area is 266 Å². The number of carbonyl (C=O) groups excluding carboxylic acids is 4. The van der Waals surface area contributed by atoms with Crippen LogP contribution < -0.4 is 14.5 Å². The predicted molar refractivity (Wildman–Crippen MR) is 169 cm³/mol. The molecule has 2 heterocycles. The van der Waals surface area contributed by atoms with Gasteiger partial charge in [0.1, 0.15) is 12.4 Å². The Bertz CT molecular complexity index is 1770. The number of hydrogen-bond donors (Lipinski definition) is 1. The van der Waals surface area contributed by atoms with Gasteiger partial charge >= 0.3 is 0 Å². The van der Waals surface area contributed by atoms with Crippen LogP contribution in [0.1, 0.15) is 36.8 Å². The van der Waals surface area contributed by atoms with E-state index in [-0.39, 0.29) is 43.3 Å². The van der Waals surface area contributed by atoms with Gasteiger partial charge in [0.25, 0.3) is 0 Å². The predicted octanol–water partition coefficient (Wildman–Crippen LogP) is 5.45. The molecule has 0 spiro atoms. The maximum absolute atomic E-state index is 14.6. The number of amides is 4. The van der Waals surface area contributed by atoms with Gasteiger partial charge in [0.15, 0.2) is 0 Å². The van der Waals surface area contributed by atoms with Gasteiger partial charge in [0.05, 0.1) is 41.2 Å². The van der Waals surface area contributed by atoms with E-state index >= 15 is 0 Å². The summed E-state index contributed by atoms with van der Waals surface area (Å²) in [5.74, 6) is -3.79. The van der Waals surface area contributed by atoms with E-state index in [1.54, 1.807) is 48.5 Å². The smallest absolute Gasteiger partial charge is 0.241 e. The van der Waals surface area contributed by atoms with Crippen molar-refractivity contribution < 1.29 is 29.0 Å². The van der Waals surface area contributed by atoms with E-state index in [4.69, 9.17) is 16.3 Å². The number of ether oxygens (including phenoxy) is 1. The first-order valence-corrected chi connectivity index (χ1v) is 15.7. The quantitative estimate of drug-likeness (QED) is 0.289. The Hall–Kier alpha value is -4.27. The number of imide groups is 2. The van der Waals surface area contributed by atoms with Gasteiger partial charge in [-0.05, 0) is 68.5 Å². The molecule has 45 heavy (non-hydrogen) atoms. The van der Waals surface area contributed by atoms with E-state index in [0.717, 1.165) is 11.1 Å². The van der Waals surface area contributed by atoms with Crippen molar-refractivity contribution in [2.45, 2.75) is 32.6 Å². The number of fused-ring (bicyclic) bond motifs is 4. The fourth-order valence-corrected chi connectivity index (χ4v) is 8.34. The summed E-state index contributed by atoms with van der Waals surface area (Å²) in [4.78, 5) is 59.5. The summed E-state index contributed by atoms with van der Waals surface area (Å²) in [6, 6.07) is 21.4. The number of nitrogens with zero attached hydrogens (tertiary/aromatic N) is 2. The van der Waals surface area contributed by atoms with Crippen molar-refractivity contribution in [3.05, 3.63) is 101 Å². The van der Waals surface area contributed by atoms with Gasteiger partial charge in [-0.15, -0.1) is 0 Å². The van der Waals surface area contributed by atoms with Gasteiger partial charge in [0, 0.05) is 16.5 Å². The average Bonchev–Trinajstić information content (AvgIpc) is 3.41. The van der Waals surface area contributed by atoms with Crippen LogP contribution in [0.2, 0.25) is 5.02 Å². The van der Waals surface area contributed by atoms with Crippen LogP contribution in [0.25, 0.3) is 0 Å². The summed E-state index contributed by atoms with van der Waals surface area (Å²) in [5, 5.41) is 10.0. The van der Waals surface area contributed by atoms with Crippen molar-refractivity contribution in [1.29, 1.82) is 0 Å². The van der Waals surface area contributed by atoms with Crippen LogP contribution in [-0.4, -0.2) is 41.9 Å². The SMILES string of the molecule is Cc1ccc(N2C(=O)[C@H]3[C@H](CC=C4[C@H]3C[C@H]3C(=O)N(c5ccccc5)C(=O)[C@@]3(C)[C@H]4c3ccccc3OCCO)C2=O)cc1Cl. The second-order valence-corrected chi connectivity index (χ2v) is 13.0. The lowest BCUT2D eigenvalue weighted by atomic mass is 9.51. The fourth-order valence-electron chi connectivity index (χ4n) is 8.16. The first kappa shape index (κ1) is 29.4. The fraction of sp³-hybridized carbons (Fsp3) is 0.333. The second-order valence-electron chi connectivity index (χ2n) is 12.6. The number of carbonyl (C=O) groups is 4. The van der Waals surface area contributed by atoms with Crippen LogP contribution in [0.3, 0.4) is 0 Å². The Kier molecular flexibility index (Phi) is 7.17. The lowest BCUT2D eigenvalue weighted by molar-refractivity contribution is -0.131. The minimum absolute atomic E-state index is 0.0567. The minimum Gasteiger partial charge on any atom is -0.491 e. The average molecular weight is 625 g/mol. The zero-order valence-corrected chi connectivity index (χ0v) is 25.7. The molecule has 230 valence electrons. The molecule has 7 rings (SSSR count). The van der Waals surface area contributed by atoms with Gasteiger partial charge < -0.3 is 9.84 Å². The molecule has 3 aromatic carbocycles. The first-order chi connectivity index (χ1) is 21.7. The third-order valence-corrected chi connectivity index (χ3v) is 10.7. The molecular formula is C36H33ClN2O6. The normalized spacial score (nSPS) is 29.0. The molecular weight excluding hydrogens is 592 g/mol. The monoisotopic (exact) mass is 624 g/mol. The second kappa shape index (κ2) is 11.0. The third-order valence-electron chi connectivity index (χ3n) is 10.3. The lowest BCUT2D eigenvalue weighted by Gasteiger charge is -2.49. The van der Waals surface area contributed by atoms with Crippen molar-refractivity contribution in [2.75, 3.05) is 23.0 Å². The highest BCUT2D eigenvalue weighted by Gasteiger charge is 2.68. The summed E-state index contributed by atoms with van der Waals surface area (Å²) >= 11 is 6.40. The van der Waals surface area contributed by atoms with Crippen LogP contribution in [0, 0.1) is 36.0 Å². The van der Waals surface area contributed by atoms with E-state index in [1.165, 1.54) is 9.80 Å². The number of hydrogen-bond acceptors (Lipinski definition) is 6. The van der Waals surface area contributed by atoms with E-state index in [2.05, 4.69) is 0 Å². The van der Waals surface area contributed by atoms with Gasteiger partial charge in [-0.1, -0.05) is 65.7 Å². The number of aryl methyl sites for hydroxylation is 1. The lowest BCUT2D eigenvalue weighted by Crippen LogP contribution is -2.49. The number of aliphatic hydroxyl groups is 1. The molecule has 0 aromatic heterocycles. The molecule has 4 aliphatic rings. The van der Waals surface area contributed by atoms with Crippen molar-refractivity contribution in [1.82, 2.24) is 0 Å². The highest BCUT2D eigenvalue weighted by atomic mass is 35.5. The number of rotatable bonds is 6. The van der Waals surface area contributed by atoms with Gasteiger partial charge in [-0.2, -0.15) is 0 Å². The molecule has 3 aromatic rings. The molecule has 0 radical (unpaired) electrons. The number of anilines is 2. The Morgan fingerprint density at radius 3 is 2.36 bits per heavy atom. The third kappa shape index (κ3) is 4.30. The number of allylic oxidation sites excluding steroid dienone is 2. The highest BCUT2D eigenvalue weighted by Crippen LogP contribution is 2.64. The molecule has 3 fully saturated rings. The molecule has 1 N–H and O–H groups in total. The number of benzene rings is 3. The summed E-state index contributed by atoms with van der Waals surface area (Å²) in [5.41, 5.74) is 2.16. The Morgan fingerprint density at radius 1 is 0.889 bits per heavy atom. The first-order valence-electron chi connectivity index (χ1n) is 15.3. The summed E-state index contributed by atoms with van der Waals surface area (Å²) in [6.07, 6.45) is 2.61. The van der Waals surface area contributed by atoms with Crippen LogP contribution in [0.4, 0.5) is 11.4 Å². The molecule has 2 saturated heterocycles. The standard InChI is InChI=1S/C36H33ClN2O6/c1-20-12-13-22(18-28(20)37)38-32(41)25-15-14-23-26(30(25)34(38)43)19-27-33(42)39(21-8-4-3-5-9-21)35(44)36(27,2)31(23)24-10-6-7-11-29(24)45-17-16-40/h3-14,18,25-27,30-31,40H,15-17,19H2,1-2H3/t25-,26+,27-,30-,31+,36+/m0/s1. The van der Waals surface area contributed by atoms with Crippen LogP contribution in [-0.2, 0) is 19.2 Å². The van der Waals surface area contributed by atoms with E-state index in [0.29, 0.717) is 34.1 Å². The van der Waals surface area contributed by atoms with Crippen molar-refractivity contribution in [3.8, 4) is 5.75 Å². The zero-order chi connectivity index (χ0) is 31.6. The van der Waals surface area contributed by atoms with Gasteiger partial charge in [0.2, 0.25) is 23.6 Å². The molecule has 2 aliphatic carbocycles. The maximum atomic E-state index is 14.6. The van der Waals surface area contributed by atoms with Crippen molar-refractivity contribution >= 4 is 46.6 Å². The molecule has 9 heteroatoms. The van der Waals surface area contributed by atoms with Crippen LogP contribution in [0.15, 0.2) is 84.4 Å². The van der Waals surface area contributed by atoms with E-state index in [9.17, 15) is 24.3 Å². The topological polar surface area (TPSA) is 104 Å². The maximum Gasteiger partial charge on any atom is 0.241 e. The Morgan fingerprint density at radius 2 is 1.62 bits per heavy atom. The molecule has 2 aliphatic heterocycles. The minimum atomic E-state index is -1.18. The summed E-state index contributed by atoms with van der Waals surface area (Å²) in [6.45, 7) is 3.57. The van der Waals surface area contributed by atoms with Crippen molar-refractivity contribution in [3.63, 3.8) is 0 Å². The molecule has 8 nitrogen and oxygen atoms in total. The van der Waals surface area contributed by atoms with Gasteiger partial charge in [-0.25, -0.2) is 9.80 Å². The largest absolute Gasteiger partial charge is 0.491 e.